The molecule has 98 valence electrons. The van der Waals surface area contributed by atoms with Crippen molar-refractivity contribution in [3.63, 3.8) is 0 Å². The van der Waals surface area contributed by atoms with Crippen LogP contribution >= 0.6 is 23.4 Å². The van der Waals surface area contributed by atoms with Crippen molar-refractivity contribution in [3.8, 4) is 0 Å². The molecule has 0 radical (unpaired) electrons. The lowest BCUT2D eigenvalue weighted by atomic mass is 10.2. The Morgan fingerprint density at radius 3 is 2.63 bits per heavy atom. The minimum absolute atomic E-state index is 0.0366. The molecule has 0 aromatic heterocycles. The van der Waals surface area contributed by atoms with E-state index in [1.165, 1.54) is 17.8 Å². The molecule has 0 saturated heterocycles. The molecule has 0 aliphatic carbocycles. The van der Waals surface area contributed by atoms with E-state index >= 15 is 0 Å². The number of rotatable bonds is 4. The number of para-hydroxylation sites is 1. The number of hydrogen-bond donors (Lipinski definition) is 1. The molecule has 6 heteroatoms. The highest BCUT2D eigenvalue weighted by Gasteiger charge is 2.16. The fraction of sp³-hybridized carbons (Fsp3) is 0.0769. The molecule has 0 bridgehead atoms. The van der Waals surface area contributed by atoms with Crippen LogP contribution in [-0.2, 0) is 5.75 Å². The summed E-state index contributed by atoms with van der Waals surface area (Å²) >= 11 is 7.46. The van der Waals surface area contributed by atoms with Crippen LogP contribution in [0.15, 0.2) is 47.4 Å². The Balaban J connectivity index is 2.25. The largest absolute Gasteiger partial charge is 0.398 e. The summed E-state index contributed by atoms with van der Waals surface area (Å²) in [5.74, 6) is 0.407. The van der Waals surface area contributed by atoms with E-state index in [1.54, 1.807) is 18.2 Å². The molecule has 0 atom stereocenters. The van der Waals surface area contributed by atoms with Crippen molar-refractivity contribution in [1.29, 1.82) is 0 Å². The van der Waals surface area contributed by atoms with Crippen LogP contribution in [0.3, 0.4) is 0 Å². The molecule has 0 fully saturated rings. The van der Waals surface area contributed by atoms with E-state index in [0.29, 0.717) is 22.0 Å². The van der Waals surface area contributed by atoms with Crippen molar-refractivity contribution < 1.29 is 4.92 Å². The van der Waals surface area contributed by atoms with Crippen molar-refractivity contribution in [2.45, 2.75) is 10.6 Å². The van der Waals surface area contributed by atoms with E-state index < -0.39 is 4.92 Å². The molecule has 0 heterocycles. The fourth-order valence-electron chi connectivity index (χ4n) is 1.62. The van der Waals surface area contributed by atoms with Crippen LogP contribution in [0.2, 0.25) is 5.02 Å². The maximum absolute atomic E-state index is 11.0. The number of nitrogens with zero attached hydrogens (tertiary/aromatic N) is 1. The van der Waals surface area contributed by atoms with Crippen molar-refractivity contribution in [3.05, 3.63) is 63.2 Å². The van der Waals surface area contributed by atoms with Crippen molar-refractivity contribution in [2.75, 3.05) is 5.73 Å². The van der Waals surface area contributed by atoms with Crippen molar-refractivity contribution >= 4 is 34.7 Å². The fourth-order valence-corrected chi connectivity index (χ4v) is 2.95. The summed E-state index contributed by atoms with van der Waals surface area (Å²) in [4.78, 5) is 11.4. The first-order chi connectivity index (χ1) is 9.09. The quantitative estimate of drug-likeness (QED) is 0.398. The summed E-state index contributed by atoms with van der Waals surface area (Å²) in [5, 5.41) is 11.4. The van der Waals surface area contributed by atoms with Gasteiger partial charge in [0, 0.05) is 22.4 Å². The number of thioether (sulfide) groups is 1. The van der Waals surface area contributed by atoms with Gasteiger partial charge >= 0.3 is 0 Å². The Morgan fingerprint density at radius 1 is 1.21 bits per heavy atom. The summed E-state index contributed by atoms with van der Waals surface area (Å²) in [6, 6.07) is 12.1. The van der Waals surface area contributed by atoms with Crippen LogP contribution in [0.1, 0.15) is 5.56 Å². The van der Waals surface area contributed by atoms with E-state index in [0.717, 1.165) is 4.90 Å². The molecule has 19 heavy (non-hydrogen) atoms. The zero-order chi connectivity index (χ0) is 13.8. The van der Waals surface area contributed by atoms with Gasteiger partial charge in [0.05, 0.1) is 15.5 Å². The second kappa shape index (κ2) is 5.95. The molecule has 0 unspecified atom stereocenters. The third-order valence-corrected chi connectivity index (χ3v) is 4.05. The number of nitro groups is 1. The number of anilines is 1. The van der Waals surface area contributed by atoms with E-state index in [4.69, 9.17) is 17.3 Å². The lowest BCUT2D eigenvalue weighted by Crippen LogP contribution is -1.95. The lowest BCUT2D eigenvalue weighted by molar-refractivity contribution is -0.385. The molecular formula is C13H11ClN2O2S. The smallest absolute Gasteiger partial charge is 0.274 e. The second-order valence-electron chi connectivity index (χ2n) is 3.82. The first kappa shape index (κ1) is 13.7. The Bertz CT molecular complexity index is 619. The maximum Gasteiger partial charge on any atom is 0.274 e. The highest BCUT2D eigenvalue weighted by atomic mass is 35.5. The first-order valence-corrected chi connectivity index (χ1v) is 6.85. The van der Waals surface area contributed by atoms with E-state index in [1.807, 2.05) is 18.2 Å². The zero-order valence-corrected chi connectivity index (χ0v) is 11.4. The monoisotopic (exact) mass is 294 g/mol. The molecule has 0 spiro atoms. The summed E-state index contributed by atoms with van der Waals surface area (Å²) in [5.41, 5.74) is 7.04. The Kier molecular flexibility index (Phi) is 4.29. The minimum atomic E-state index is -0.421. The Hall–Kier alpha value is -1.72. The average Bonchev–Trinajstić information content (AvgIpc) is 2.38. The number of nitrogens with two attached hydrogens (primary N) is 1. The predicted octanol–water partition coefficient (Wildman–Crippen LogP) is 4.12. The van der Waals surface area contributed by atoms with Gasteiger partial charge in [0.15, 0.2) is 0 Å². The van der Waals surface area contributed by atoms with Crippen molar-refractivity contribution in [2.24, 2.45) is 0 Å². The summed E-state index contributed by atoms with van der Waals surface area (Å²) in [6.07, 6.45) is 0. The Labute approximate surface area is 119 Å². The standard InChI is InChI=1S/C13H11ClN2O2S/c14-10-4-3-6-12(16(17)18)9(10)8-19-13-7-2-1-5-11(13)15/h1-7H,8,15H2. The van der Waals surface area contributed by atoms with E-state index in [-0.39, 0.29) is 5.69 Å². The van der Waals surface area contributed by atoms with Gasteiger partial charge in [-0.05, 0) is 18.2 Å². The van der Waals surface area contributed by atoms with Crippen LogP contribution in [0, 0.1) is 10.1 Å². The van der Waals surface area contributed by atoms with Gasteiger partial charge in [-0.1, -0.05) is 29.8 Å². The third-order valence-electron chi connectivity index (χ3n) is 2.58. The van der Waals surface area contributed by atoms with Gasteiger partial charge in [0.1, 0.15) is 0 Å². The molecule has 2 rings (SSSR count). The van der Waals surface area contributed by atoms with Crippen LogP contribution < -0.4 is 5.73 Å². The van der Waals surface area contributed by atoms with Crippen LogP contribution in [0.25, 0.3) is 0 Å². The van der Waals surface area contributed by atoms with Gasteiger partial charge < -0.3 is 5.73 Å². The van der Waals surface area contributed by atoms with E-state index in [2.05, 4.69) is 0 Å². The Morgan fingerprint density at radius 2 is 1.95 bits per heavy atom. The SMILES string of the molecule is Nc1ccccc1SCc1c(Cl)cccc1[N+](=O)[O-]. The maximum atomic E-state index is 11.0. The van der Waals surface area contributed by atoms with Crippen LogP contribution in [0.5, 0.6) is 0 Å². The summed E-state index contributed by atoms with van der Waals surface area (Å²) < 4.78 is 0. The molecule has 2 aromatic rings. The molecule has 4 nitrogen and oxygen atoms in total. The van der Waals surface area contributed by atoms with Gasteiger partial charge in [-0.2, -0.15) is 0 Å². The number of benzene rings is 2. The number of nitrogen functional groups attached to an aromatic ring is 1. The molecular weight excluding hydrogens is 284 g/mol. The molecule has 2 N–H and O–H groups in total. The van der Waals surface area contributed by atoms with Crippen molar-refractivity contribution in [1.82, 2.24) is 0 Å². The van der Waals surface area contributed by atoms with Gasteiger partial charge in [-0.15, -0.1) is 11.8 Å². The highest BCUT2D eigenvalue weighted by molar-refractivity contribution is 7.98. The average molecular weight is 295 g/mol. The summed E-state index contributed by atoms with van der Waals surface area (Å²) in [7, 11) is 0. The predicted molar refractivity (Wildman–Crippen MR) is 78.5 cm³/mol. The molecule has 0 aliphatic heterocycles. The zero-order valence-electron chi connectivity index (χ0n) is 9.88. The number of hydrogen-bond acceptors (Lipinski definition) is 4. The normalized spacial score (nSPS) is 10.4. The molecule has 2 aromatic carbocycles. The third kappa shape index (κ3) is 3.19. The molecule has 0 saturated carbocycles. The number of nitro benzene ring substituents is 1. The number of halogens is 1. The topological polar surface area (TPSA) is 69.2 Å². The first-order valence-electron chi connectivity index (χ1n) is 5.48. The second-order valence-corrected chi connectivity index (χ2v) is 5.25. The molecule has 0 amide bonds. The minimum Gasteiger partial charge on any atom is -0.398 e. The highest BCUT2D eigenvalue weighted by Crippen LogP contribution is 2.34. The molecule has 0 aliphatic rings. The van der Waals surface area contributed by atoms with Gasteiger partial charge in [0.25, 0.3) is 5.69 Å². The van der Waals surface area contributed by atoms with E-state index in [9.17, 15) is 10.1 Å². The van der Waals surface area contributed by atoms with Gasteiger partial charge in [0.2, 0.25) is 0 Å². The summed E-state index contributed by atoms with van der Waals surface area (Å²) in [6.45, 7) is 0. The lowest BCUT2D eigenvalue weighted by Gasteiger charge is -2.07. The van der Waals surface area contributed by atoms with Gasteiger partial charge in [-0.25, -0.2) is 0 Å². The van der Waals surface area contributed by atoms with Crippen LogP contribution in [0.4, 0.5) is 11.4 Å². The van der Waals surface area contributed by atoms with Crippen LogP contribution in [-0.4, -0.2) is 4.92 Å². The van der Waals surface area contributed by atoms with Gasteiger partial charge in [-0.3, -0.25) is 10.1 Å².